The van der Waals surface area contributed by atoms with Crippen LogP contribution in [0.25, 0.3) is 16.9 Å². The van der Waals surface area contributed by atoms with E-state index in [1.165, 1.54) is 16.7 Å². The van der Waals surface area contributed by atoms with Gasteiger partial charge in [0.15, 0.2) is 0 Å². The molecule has 4 rings (SSSR count). The first-order valence-electron chi connectivity index (χ1n) is 10.2. The highest BCUT2D eigenvalue weighted by atomic mass is 16.2. The number of hydrogen-bond acceptors (Lipinski definition) is 3. The van der Waals surface area contributed by atoms with Crippen LogP contribution >= 0.6 is 0 Å². The summed E-state index contributed by atoms with van der Waals surface area (Å²) < 4.78 is 1.98. The zero-order valence-electron chi connectivity index (χ0n) is 17.4. The normalized spacial score (nSPS) is 14.9. The van der Waals surface area contributed by atoms with Crippen molar-refractivity contribution in [1.82, 2.24) is 19.6 Å². The van der Waals surface area contributed by atoms with E-state index in [2.05, 4.69) is 73.5 Å². The number of rotatable bonds is 4. The van der Waals surface area contributed by atoms with Crippen LogP contribution in [0.5, 0.6) is 0 Å². The lowest BCUT2D eigenvalue weighted by Crippen LogP contribution is -2.47. The van der Waals surface area contributed by atoms with E-state index in [1.807, 2.05) is 9.58 Å². The van der Waals surface area contributed by atoms with Gasteiger partial charge in [-0.05, 0) is 32.0 Å². The van der Waals surface area contributed by atoms with Gasteiger partial charge in [-0.1, -0.05) is 41.5 Å². The minimum Gasteiger partial charge on any atom is -0.340 e. The molecule has 5 heteroatoms. The third kappa shape index (κ3) is 4.40. The van der Waals surface area contributed by atoms with Crippen LogP contribution in [0.2, 0.25) is 0 Å². The highest BCUT2D eigenvalue weighted by Gasteiger charge is 2.21. The molecule has 150 valence electrons. The fourth-order valence-electron chi connectivity index (χ4n) is 3.85. The molecule has 0 aliphatic carbocycles. The summed E-state index contributed by atoms with van der Waals surface area (Å²) in [6.45, 7) is 10.1. The van der Waals surface area contributed by atoms with Gasteiger partial charge in [0.05, 0.1) is 11.4 Å². The second-order valence-corrected chi connectivity index (χ2v) is 7.93. The Kier molecular flexibility index (Phi) is 5.49. The van der Waals surface area contributed by atoms with Crippen LogP contribution in [0.15, 0.2) is 54.7 Å². The first-order valence-corrected chi connectivity index (χ1v) is 10.2. The van der Waals surface area contributed by atoms with Gasteiger partial charge in [-0.3, -0.25) is 9.69 Å². The fraction of sp³-hybridized carbons (Fsp3) is 0.333. The number of piperazine rings is 1. The lowest BCUT2D eigenvalue weighted by atomic mass is 10.1. The zero-order valence-corrected chi connectivity index (χ0v) is 17.4. The molecule has 2 heterocycles. The number of aryl methyl sites for hydroxylation is 2. The van der Waals surface area contributed by atoms with E-state index >= 15 is 0 Å². The molecule has 0 N–H and O–H groups in total. The van der Waals surface area contributed by atoms with Gasteiger partial charge in [-0.15, -0.1) is 0 Å². The molecule has 0 spiro atoms. The number of amides is 1. The third-order valence-corrected chi connectivity index (χ3v) is 5.59. The van der Waals surface area contributed by atoms with Gasteiger partial charge in [0.25, 0.3) is 0 Å². The average Bonchev–Trinajstić information content (AvgIpc) is 3.13. The Balaban J connectivity index is 1.64. The van der Waals surface area contributed by atoms with Crippen molar-refractivity contribution < 1.29 is 4.79 Å². The predicted molar refractivity (Wildman–Crippen MR) is 116 cm³/mol. The number of aromatic nitrogens is 2. The first-order chi connectivity index (χ1) is 14.0. The van der Waals surface area contributed by atoms with Crippen LogP contribution in [0.1, 0.15) is 23.6 Å². The highest BCUT2D eigenvalue weighted by molar-refractivity contribution is 5.73. The van der Waals surface area contributed by atoms with Crippen LogP contribution < -0.4 is 0 Å². The Morgan fingerprint density at radius 2 is 1.69 bits per heavy atom. The molecule has 1 amide bonds. The largest absolute Gasteiger partial charge is 0.340 e. The van der Waals surface area contributed by atoms with Crippen molar-refractivity contribution in [1.29, 1.82) is 0 Å². The fourth-order valence-corrected chi connectivity index (χ4v) is 3.85. The van der Waals surface area contributed by atoms with Gasteiger partial charge < -0.3 is 4.90 Å². The smallest absolute Gasteiger partial charge is 0.219 e. The van der Waals surface area contributed by atoms with Gasteiger partial charge >= 0.3 is 0 Å². The molecule has 0 radical (unpaired) electrons. The van der Waals surface area contributed by atoms with Crippen LogP contribution in [-0.4, -0.2) is 51.7 Å². The monoisotopic (exact) mass is 388 g/mol. The van der Waals surface area contributed by atoms with Crippen molar-refractivity contribution in [3.05, 3.63) is 71.4 Å². The number of nitrogens with zero attached hydrogens (tertiary/aromatic N) is 4. The molecule has 5 nitrogen and oxygen atoms in total. The number of hydrogen-bond donors (Lipinski definition) is 0. The number of carbonyl (C=O) groups is 1. The average molecular weight is 389 g/mol. The lowest BCUT2D eigenvalue weighted by Gasteiger charge is -2.34. The Morgan fingerprint density at radius 3 is 2.34 bits per heavy atom. The minimum absolute atomic E-state index is 0.164. The van der Waals surface area contributed by atoms with E-state index < -0.39 is 0 Å². The Bertz CT molecular complexity index is 998. The topological polar surface area (TPSA) is 41.4 Å². The van der Waals surface area contributed by atoms with Gasteiger partial charge in [-0.25, -0.2) is 4.68 Å². The van der Waals surface area contributed by atoms with Gasteiger partial charge in [-0.2, -0.15) is 5.10 Å². The van der Waals surface area contributed by atoms with Crippen molar-refractivity contribution in [2.75, 3.05) is 26.2 Å². The maximum atomic E-state index is 11.6. The summed E-state index contributed by atoms with van der Waals surface area (Å²) >= 11 is 0. The Labute approximate surface area is 172 Å². The van der Waals surface area contributed by atoms with E-state index in [1.54, 1.807) is 6.92 Å². The molecule has 0 atom stereocenters. The summed E-state index contributed by atoms with van der Waals surface area (Å²) in [6, 6.07) is 17.0. The van der Waals surface area contributed by atoms with Crippen LogP contribution in [0.4, 0.5) is 0 Å². The summed E-state index contributed by atoms with van der Waals surface area (Å²) in [5.41, 5.74) is 6.93. The Morgan fingerprint density at radius 1 is 0.966 bits per heavy atom. The molecule has 1 fully saturated rings. The standard InChI is InChI=1S/C24H28N4O/c1-18-7-9-23(10-8-18)28-17-22(16-26-11-13-27(14-12-26)20(3)29)24(25-28)21-6-4-5-19(2)15-21/h4-10,15,17H,11-14,16H2,1-3H3. The molecule has 1 saturated heterocycles. The van der Waals surface area contributed by atoms with E-state index in [-0.39, 0.29) is 5.91 Å². The highest BCUT2D eigenvalue weighted by Crippen LogP contribution is 2.26. The molecular weight excluding hydrogens is 360 g/mol. The summed E-state index contributed by atoms with van der Waals surface area (Å²) in [5, 5.41) is 4.96. The lowest BCUT2D eigenvalue weighted by molar-refractivity contribution is -0.130. The van der Waals surface area contributed by atoms with Crippen LogP contribution in [0.3, 0.4) is 0 Å². The maximum Gasteiger partial charge on any atom is 0.219 e. The summed E-state index contributed by atoms with van der Waals surface area (Å²) in [6.07, 6.45) is 2.15. The molecular formula is C24H28N4O. The van der Waals surface area contributed by atoms with Crippen molar-refractivity contribution in [3.63, 3.8) is 0 Å². The molecule has 29 heavy (non-hydrogen) atoms. The van der Waals surface area contributed by atoms with Crippen molar-refractivity contribution in [2.24, 2.45) is 0 Å². The van der Waals surface area contributed by atoms with Gasteiger partial charge in [0, 0.05) is 57.0 Å². The van der Waals surface area contributed by atoms with Crippen molar-refractivity contribution in [2.45, 2.75) is 27.3 Å². The first kappa shape index (κ1) is 19.4. The second-order valence-electron chi connectivity index (χ2n) is 7.93. The van der Waals surface area contributed by atoms with Crippen LogP contribution in [0, 0.1) is 13.8 Å². The van der Waals surface area contributed by atoms with E-state index in [9.17, 15) is 4.79 Å². The number of carbonyl (C=O) groups excluding carboxylic acids is 1. The van der Waals surface area contributed by atoms with Crippen LogP contribution in [-0.2, 0) is 11.3 Å². The minimum atomic E-state index is 0.164. The number of benzene rings is 2. The summed E-state index contributed by atoms with van der Waals surface area (Å²) in [4.78, 5) is 15.9. The molecule has 0 saturated carbocycles. The van der Waals surface area contributed by atoms with E-state index in [0.717, 1.165) is 49.7 Å². The molecule has 2 aromatic carbocycles. The zero-order chi connectivity index (χ0) is 20.4. The molecule has 0 unspecified atom stereocenters. The molecule has 3 aromatic rings. The van der Waals surface area contributed by atoms with Gasteiger partial charge in [0.1, 0.15) is 0 Å². The Hall–Kier alpha value is -2.92. The van der Waals surface area contributed by atoms with E-state index in [4.69, 9.17) is 5.10 Å². The molecule has 1 aliphatic rings. The SMILES string of the molecule is CC(=O)N1CCN(Cc2cn(-c3ccc(C)cc3)nc2-c2cccc(C)c2)CC1. The van der Waals surface area contributed by atoms with Gasteiger partial charge in [0.2, 0.25) is 5.91 Å². The summed E-state index contributed by atoms with van der Waals surface area (Å²) in [7, 11) is 0. The quantitative estimate of drug-likeness (QED) is 0.682. The second kappa shape index (κ2) is 8.21. The maximum absolute atomic E-state index is 11.6. The molecule has 1 aromatic heterocycles. The molecule has 1 aliphatic heterocycles. The predicted octanol–water partition coefficient (Wildman–Crippen LogP) is 3.82. The van der Waals surface area contributed by atoms with Crippen molar-refractivity contribution in [3.8, 4) is 16.9 Å². The van der Waals surface area contributed by atoms with E-state index in [0.29, 0.717) is 0 Å². The molecule has 0 bridgehead atoms. The third-order valence-electron chi connectivity index (χ3n) is 5.59. The van der Waals surface area contributed by atoms with Crippen molar-refractivity contribution >= 4 is 5.91 Å². The summed E-state index contributed by atoms with van der Waals surface area (Å²) in [5.74, 6) is 0.164.